The zero-order valence-corrected chi connectivity index (χ0v) is 17.2. The third-order valence-electron chi connectivity index (χ3n) is 4.44. The van der Waals surface area contributed by atoms with Crippen molar-refractivity contribution in [2.75, 3.05) is 16.2 Å². The number of nitrogens with one attached hydrogen (secondary N) is 1. The standard InChI is InChI=1S/C21H18FN3O5S/c1-15-7-10-18(25(27)28)13-20(15)23-21(26)14-24(17-11-8-16(22)9-12-17)31(29,30)19-5-3-2-4-6-19/h2-13H,14H2,1H3,(H,23,26). The van der Waals surface area contributed by atoms with Gasteiger partial charge in [0, 0.05) is 12.1 Å². The fourth-order valence-electron chi connectivity index (χ4n) is 2.82. The van der Waals surface area contributed by atoms with Crippen LogP contribution in [0.2, 0.25) is 0 Å². The van der Waals surface area contributed by atoms with E-state index in [0.29, 0.717) is 5.56 Å². The van der Waals surface area contributed by atoms with Crippen LogP contribution in [-0.4, -0.2) is 25.8 Å². The van der Waals surface area contributed by atoms with E-state index in [1.807, 2.05) is 0 Å². The maximum Gasteiger partial charge on any atom is 0.271 e. The van der Waals surface area contributed by atoms with E-state index in [4.69, 9.17) is 0 Å². The van der Waals surface area contributed by atoms with E-state index in [1.54, 1.807) is 25.1 Å². The minimum Gasteiger partial charge on any atom is -0.324 e. The summed E-state index contributed by atoms with van der Waals surface area (Å²) in [5.41, 5.74) is 0.637. The van der Waals surface area contributed by atoms with Gasteiger partial charge in [0.15, 0.2) is 0 Å². The van der Waals surface area contributed by atoms with E-state index in [-0.39, 0.29) is 22.0 Å². The normalized spacial score (nSPS) is 11.0. The van der Waals surface area contributed by atoms with Gasteiger partial charge in [-0.25, -0.2) is 12.8 Å². The molecule has 3 aromatic carbocycles. The molecule has 160 valence electrons. The van der Waals surface area contributed by atoms with Crippen LogP contribution in [0.3, 0.4) is 0 Å². The molecule has 0 saturated carbocycles. The molecule has 0 fully saturated rings. The number of benzene rings is 3. The van der Waals surface area contributed by atoms with Gasteiger partial charge in [0.25, 0.3) is 15.7 Å². The predicted molar refractivity (Wildman–Crippen MR) is 114 cm³/mol. The monoisotopic (exact) mass is 443 g/mol. The first-order valence-electron chi connectivity index (χ1n) is 9.07. The number of anilines is 2. The Labute approximate surface area is 178 Å². The average molecular weight is 443 g/mol. The van der Waals surface area contributed by atoms with Crippen molar-refractivity contribution in [3.63, 3.8) is 0 Å². The minimum atomic E-state index is -4.14. The van der Waals surface area contributed by atoms with Crippen molar-refractivity contribution in [3.05, 3.63) is 94.3 Å². The summed E-state index contributed by atoms with van der Waals surface area (Å²) in [5.74, 6) is -1.27. The highest BCUT2D eigenvalue weighted by atomic mass is 32.2. The Kier molecular flexibility index (Phi) is 6.30. The van der Waals surface area contributed by atoms with Gasteiger partial charge in [-0.15, -0.1) is 0 Å². The van der Waals surface area contributed by atoms with Crippen LogP contribution in [0.4, 0.5) is 21.5 Å². The van der Waals surface area contributed by atoms with Crippen LogP contribution in [0, 0.1) is 22.9 Å². The highest BCUT2D eigenvalue weighted by Crippen LogP contribution is 2.25. The summed E-state index contributed by atoms with van der Waals surface area (Å²) in [6.07, 6.45) is 0. The maximum atomic E-state index is 13.4. The Morgan fingerprint density at radius 3 is 2.32 bits per heavy atom. The molecular formula is C21H18FN3O5S. The molecule has 0 aliphatic heterocycles. The van der Waals surface area contributed by atoms with Crippen molar-refractivity contribution in [3.8, 4) is 0 Å². The Morgan fingerprint density at radius 2 is 1.71 bits per heavy atom. The Balaban J connectivity index is 1.94. The number of amides is 1. The van der Waals surface area contributed by atoms with Gasteiger partial charge in [-0.2, -0.15) is 0 Å². The summed E-state index contributed by atoms with van der Waals surface area (Å²) >= 11 is 0. The van der Waals surface area contributed by atoms with Crippen LogP contribution in [0.15, 0.2) is 77.7 Å². The zero-order chi connectivity index (χ0) is 22.6. The molecule has 31 heavy (non-hydrogen) atoms. The van der Waals surface area contributed by atoms with Gasteiger partial charge in [0.05, 0.1) is 21.2 Å². The third kappa shape index (κ3) is 5.04. The largest absolute Gasteiger partial charge is 0.324 e. The second-order valence-electron chi connectivity index (χ2n) is 6.61. The van der Waals surface area contributed by atoms with Gasteiger partial charge >= 0.3 is 0 Å². The van der Waals surface area contributed by atoms with Crippen LogP contribution in [-0.2, 0) is 14.8 Å². The molecule has 8 nitrogen and oxygen atoms in total. The lowest BCUT2D eigenvalue weighted by Gasteiger charge is -2.24. The smallest absolute Gasteiger partial charge is 0.271 e. The third-order valence-corrected chi connectivity index (χ3v) is 6.23. The average Bonchev–Trinajstić information content (AvgIpc) is 2.74. The van der Waals surface area contributed by atoms with Gasteiger partial charge in [-0.1, -0.05) is 24.3 Å². The molecule has 0 spiro atoms. The number of nitro groups is 1. The number of halogens is 1. The molecule has 0 unspecified atom stereocenters. The van der Waals surface area contributed by atoms with Crippen molar-refractivity contribution in [2.45, 2.75) is 11.8 Å². The van der Waals surface area contributed by atoms with E-state index < -0.39 is 33.2 Å². The van der Waals surface area contributed by atoms with Gasteiger partial charge in [0.2, 0.25) is 5.91 Å². The summed E-state index contributed by atoms with van der Waals surface area (Å²) < 4.78 is 40.6. The number of carbonyl (C=O) groups excluding carboxylic acids is 1. The van der Waals surface area contributed by atoms with Gasteiger partial charge < -0.3 is 5.32 Å². The van der Waals surface area contributed by atoms with E-state index in [1.165, 1.54) is 42.5 Å². The highest BCUT2D eigenvalue weighted by Gasteiger charge is 2.27. The molecule has 3 aromatic rings. The zero-order valence-electron chi connectivity index (χ0n) is 16.4. The second-order valence-corrected chi connectivity index (χ2v) is 8.47. The summed E-state index contributed by atoms with van der Waals surface area (Å²) in [6.45, 7) is 1.03. The lowest BCUT2D eigenvalue weighted by Crippen LogP contribution is -2.38. The minimum absolute atomic E-state index is 0.0429. The number of nitrogens with zero attached hydrogens (tertiary/aromatic N) is 2. The lowest BCUT2D eigenvalue weighted by molar-refractivity contribution is -0.384. The van der Waals surface area contributed by atoms with Crippen LogP contribution in [0.1, 0.15) is 5.56 Å². The summed E-state index contributed by atoms with van der Waals surface area (Å²) in [6, 6.07) is 16.2. The Hall–Kier alpha value is -3.79. The molecule has 0 atom stereocenters. The van der Waals surface area contributed by atoms with Crippen molar-refractivity contribution < 1.29 is 22.5 Å². The lowest BCUT2D eigenvalue weighted by atomic mass is 10.2. The number of hydrogen-bond donors (Lipinski definition) is 1. The fraction of sp³-hybridized carbons (Fsp3) is 0.0952. The molecule has 0 heterocycles. The van der Waals surface area contributed by atoms with E-state index in [9.17, 15) is 27.7 Å². The van der Waals surface area contributed by atoms with E-state index >= 15 is 0 Å². The molecule has 1 N–H and O–H groups in total. The number of rotatable bonds is 7. The van der Waals surface area contributed by atoms with Crippen LogP contribution >= 0.6 is 0 Å². The van der Waals surface area contributed by atoms with E-state index in [0.717, 1.165) is 16.4 Å². The summed E-state index contributed by atoms with van der Waals surface area (Å²) in [5, 5.41) is 13.5. The highest BCUT2D eigenvalue weighted by molar-refractivity contribution is 7.92. The van der Waals surface area contributed by atoms with Gasteiger partial charge in [-0.05, 0) is 48.9 Å². The molecule has 0 aliphatic carbocycles. The van der Waals surface area contributed by atoms with Crippen molar-refractivity contribution in [2.24, 2.45) is 0 Å². The topological polar surface area (TPSA) is 110 Å². The molecule has 10 heteroatoms. The Bertz CT molecular complexity index is 1220. The first-order valence-corrected chi connectivity index (χ1v) is 10.5. The number of carbonyl (C=O) groups is 1. The predicted octanol–water partition coefficient (Wildman–Crippen LogP) is 3.88. The van der Waals surface area contributed by atoms with Crippen LogP contribution in [0.5, 0.6) is 0 Å². The van der Waals surface area contributed by atoms with Crippen LogP contribution < -0.4 is 9.62 Å². The molecule has 1 amide bonds. The summed E-state index contributed by atoms with van der Waals surface area (Å²) in [7, 11) is -4.14. The first-order chi connectivity index (χ1) is 14.7. The number of sulfonamides is 1. The van der Waals surface area contributed by atoms with Crippen LogP contribution in [0.25, 0.3) is 0 Å². The van der Waals surface area contributed by atoms with E-state index in [2.05, 4.69) is 5.32 Å². The molecule has 0 bridgehead atoms. The number of non-ortho nitro benzene ring substituents is 1. The number of aryl methyl sites for hydroxylation is 1. The quantitative estimate of drug-likeness (QED) is 0.440. The van der Waals surface area contributed by atoms with Crippen molar-refractivity contribution in [1.82, 2.24) is 0 Å². The number of hydrogen-bond acceptors (Lipinski definition) is 5. The van der Waals surface area contributed by atoms with Crippen molar-refractivity contribution >= 4 is 33.0 Å². The van der Waals surface area contributed by atoms with Crippen molar-refractivity contribution in [1.29, 1.82) is 0 Å². The molecule has 0 aliphatic rings. The molecule has 0 aromatic heterocycles. The molecule has 0 radical (unpaired) electrons. The summed E-state index contributed by atoms with van der Waals surface area (Å²) in [4.78, 5) is 23.1. The first kappa shape index (κ1) is 21.9. The molecule has 3 rings (SSSR count). The fourth-order valence-corrected chi connectivity index (χ4v) is 4.26. The van der Waals surface area contributed by atoms with Gasteiger partial charge in [-0.3, -0.25) is 19.2 Å². The molecule has 0 saturated heterocycles. The molecular weight excluding hydrogens is 425 g/mol. The Morgan fingerprint density at radius 1 is 1.06 bits per heavy atom. The SMILES string of the molecule is Cc1ccc([N+](=O)[O-])cc1NC(=O)CN(c1ccc(F)cc1)S(=O)(=O)c1ccccc1. The maximum absolute atomic E-state index is 13.4. The van der Waals surface area contributed by atoms with Gasteiger partial charge in [0.1, 0.15) is 12.4 Å². The number of nitro benzene ring substituents is 1. The second kappa shape index (κ2) is 8.92.